The third-order valence-corrected chi connectivity index (χ3v) is 8.50. The van der Waals surface area contributed by atoms with Crippen LogP contribution in [0.25, 0.3) is 0 Å². The Labute approximate surface area is 185 Å². The summed E-state index contributed by atoms with van der Waals surface area (Å²) in [6, 6.07) is 5.89. The molecule has 8 heteroatoms. The van der Waals surface area contributed by atoms with Crippen LogP contribution in [0.3, 0.4) is 0 Å². The molecule has 2 saturated carbocycles. The first-order valence-corrected chi connectivity index (χ1v) is 12.8. The van der Waals surface area contributed by atoms with Gasteiger partial charge in [0.25, 0.3) is 5.91 Å². The molecular formula is C23H34N2O5S. The second kappa shape index (κ2) is 10.6. The van der Waals surface area contributed by atoms with Crippen LogP contribution >= 0.6 is 0 Å². The Hall–Kier alpha value is -1.93. The molecule has 0 atom stereocenters. The molecule has 0 saturated heterocycles. The van der Waals surface area contributed by atoms with Gasteiger partial charge in [-0.1, -0.05) is 26.2 Å². The van der Waals surface area contributed by atoms with Crippen molar-refractivity contribution in [3.8, 4) is 0 Å². The quantitative estimate of drug-likeness (QED) is 0.642. The molecule has 2 fully saturated rings. The molecule has 0 aromatic heterocycles. The average molecular weight is 451 g/mol. The minimum atomic E-state index is -3.61. The van der Waals surface area contributed by atoms with E-state index in [1.165, 1.54) is 28.6 Å². The summed E-state index contributed by atoms with van der Waals surface area (Å²) >= 11 is 0. The van der Waals surface area contributed by atoms with E-state index in [0.717, 1.165) is 57.8 Å². The number of nitrogens with one attached hydrogen (secondary N) is 1. The maximum atomic E-state index is 12.9. The molecular weight excluding hydrogens is 416 g/mol. The summed E-state index contributed by atoms with van der Waals surface area (Å²) in [5.41, 5.74) is 0.221. The van der Waals surface area contributed by atoms with E-state index in [4.69, 9.17) is 4.74 Å². The monoisotopic (exact) mass is 450 g/mol. The summed E-state index contributed by atoms with van der Waals surface area (Å²) in [5.74, 6) is -0.251. The summed E-state index contributed by atoms with van der Waals surface area (Å²) in [6.07, 6.45) is 9.08. The number of hydrogen-bond donors (Lipinski definition) is 1. The van der Waals surface area contributed by atoms with Crippen LogP contribution in [0.1, 0.15) is 75.1 Å². The zero-order valence-corrected chi connectivity index (χ0v) is 19.3. The Morgan fingerprint density at radius 2 is 1.61 bits per heavy atom. The maximum Gasteiger partial charge on any atom is 0.338 e. The number of sulfonamides is 1. The van der Waals surface area contributed by atoms with Gasteiger partial charge in [-0.3, -0.25) is 4.79 Å². The Balaban J connectivity index is 1.51. The van der Waals surface area contributed by atoms with Crippen LogP contribution in [0.15, 0.2) is 29.2 Å². The zero-order chi connectivity index (χ0) is 22.4. The van der Waals surface area contributed by atoms with Crippen molar-refractivity contribution in [1.82, 2.24) is 9.62 Å². The molecule has 0 bridgehead atoms. The zero-order valence-electron chi connectivity index (χ0n) is 18.5. The Morgan fingerprint density at radius 1 is 1.00 bits per heavy atom. The van der Waals surface area contributed by atoms with E-state index >= 15 is 0 Å². The van der Waals surface area contributed by atoms with Crippen molar-refractivity contribution in [2.45, 2.75) is 81.7 Å². The number of hydrogen-bond acceptors (Lipinski definition) is 5. The highest BCUT2D eigenvalue weighted by Gasteiger charge is 2.29. The van der Waals surface area contributed by atoms with Gasteiger partial charge in [0, 0.05) is 19.1 Å². The summed E-state index contributed by atoms with van der Waals surface area (Å²) in [5, 5.41) is 2.92. The first kappa shape index (κ1) is 23.7. The summed E-state index contributed by atoms with van der Waals surface area (Å²) in [6.45, 7) is 1.87. The third kappa shape index (κ3) is 6.29. The van der Waals surface area contributed by atoms with Gasteiger partial charge in [0.2, 0.25) is 10.0 Å². The predicted octanol–water partition coefficient (Wildman–Crippen LogP) is 3.49. The molecule has 1 amide bonds. The van der Waals surface area contributed by atoms with E-state index < -0.39 is 16.0 Å². The largest absolute Gasteiger partial charge is 0.452 e. The van der Waals surface area contributed by atoms with Crippen LogP contribution in [0.2, 0.25) is 0 Å². The number of nitrogens with zero attached hydrogens (tertiary/aromatic N) is 1. The summed E-state index contributed by atoms with van der Waals surface area (Å²) in [4.78, 5) is 24.5. The molecule has 1 aromatic rings. The number of carbonyl (C=O) groups excluding carboxylic acids is 2. The van der Waals surface area contributed by atoms with Gasteiger partial charge in [0.1, 0.15) is 0 Å². The van der Waals surface area contributed by atoms with Gasteiger partial charge in [0.05, 0.1) is 10.5 Å². The lowest BCUT2D eigenvalue weighted by Gasteiger charge is -2.30. The van der Waals surface area contributed by atoms with Crippen molar-refractivity contribution >= 4 is 21.9 Å². The molecule has 0 aliphatic heterocycles. The number of rotatable bonds is 7. The van der Waals surface area contributed by atoms with Crippen molar-refractivity contribution in [2.24, 2.45) is 5.92 Å². The van der Waals surface area contributed by atoms with Crippen molar-refractivity contribution in [2.75, 3.05) is 13.7 Å². The van der Waals surface area contributed by atoms with Crippen LogP contribution < -0.4 is 5.32 Å². The Kier molecular flexibility index (Phi) is 8.11. The number of benzene rings is 1. The van der Waals surface area contributed by atoms with Crippen LogP contribution in [0.4, 0.5) is 0 Å². The van der Waals surface area contributed by atoms with Crippen molar-refractivity contribution in [3.05, 3.63) is 29.8 Å². The third-order valence-electron chi connectivity index (χ3n) is 6.57. The summed E-state index contributed by atoms with van der Waals surface area (Å²) in [7, 11) is -1.99. The minimum absolute atomic E-state index is 0.0225. The van der Waals surface area contributed by atoms with Gasteiger partial charge < -0.3 is 10.1 Å². The van der Waals surface area contributed by atoms with E-state index in [2.05, 4.69) is 12.2 Å². The molecule has 0 unspecified atom stereocenters. The highest BCUT2D eigenvalue weighted by Crippen LogP contribution is 2.27. The highest BCUT2D eigenvalue weighted by molar-refractivity contribution is 7.89. The van der Waals surface area contributed by atoms with Gasteiger partial charge in [0.15, 0.2) is 6.61 Å². The topological polar surface area (TPSA) is 92.8 Å². The lowest BCUT2D eigenvalue weighted by atomic mass is 9.87. The minimum Gasteiger partial charge on any atom is -0.452 e. The fourth-order valence-electron chi connectivity index (χ4n) is 4.46. The van der Waals surface area contributed by atoms with Crippen LogP contribution in [-0.2, 0) is 19.6 Å². The number of carbonyl (C=O) groups is 2. The smallest absolute Gasteiger partial charge is 0.338 e. The van der Waals surface area contributed by atoms with Crippen LogP contribution in [0, 0.1) is 5.92 Å². The van der Waals surface area contributed by atoms with Gasteiger partial charge in [-0.05, 0) is 68.7 Å². The molecule has 1 N–H and O–H groups in total. The predicted molar refractivity (Wildman–Crippen MR) is 118 cm³/mol. The fourth-order valence-corrected chi connectivity index (χ4v) is 5.87. The van der Waals surface area contributed by atoms with Crippen molar-refractivity contribution in [1.29, 1.82) is 0 Å². The van der Waals surface area contributed by atoms with Crippen LogP contribution in [-0.4, -0.2) is 50.3 Å². The van der Waals surface area contributed by atoms with Crippen molar-refractivity contribution in [3.63, 3.8) is 0 Å². The van der Waals surface area contributed by atoms with E-state index in [1.807, 2.05) is 0 Å². The van der Waals surface area contributed by atoms with Gasteiger partial charge in [-0.2, -0.15) is 4.31 Å². The Morgan fingerprint density at radius 3 is 2.23 bits per heavy atom. The molecule has 2 aliphatic rings. The molecule has 0 heterocycles. The SMILES string of the molecule is CC1CCC(NC(=O)COC(=O)c2ccc(S(=O)(=O)N(C)C3CCCCC3)cc2)CC1. The lowest BCUT2D eigenvalue weighted by molar-refractivity contribution is -0.125. The molecule has 2 aliphatic carbocycles. The second-order valence-electron chi connectivity index (χ2n) is 8.94. The fraction of sp³-hybridized carbons (Fsp3) is 0.652. The molecule has 0 radical (unpaired) electrons. The first-order valence-electron chi connectivity index (χ1n) is 11.3. The van der Waals surface area contributed by atoms with Gasteiger partial charge >= 0.3 is 5.97 Å². The average Bonchev–Trinajstić information content (AvgIpc) is 2.79. The molecule has 172 valence electrons. The second-order valence-corrected chi connectivity index (χ2v) is 10.9. The van der Waals surface area contributed by atoms with Gasteiger partial charge in [-0.15, -0.1) is 0 Å². The van der Waals surface area contributed by atoms with E-state index in [1.54, 1.807) is 7.05 Å². The molecule has 3 rings (SSSR count). The molecule has 7 nitrogen and oxygen atoms in total. The highest BCUT2D eigenvalue weighted by atomic mass is 32.2. The number of esters is 1. The number of ether oxygens (including phenoxy) is 1. The lowest BCUT2D eigenvalue weighted by Crippen LogP contribution is -2.39. The molecule has 1 aromatic carbocycles. The Bertz CT molecular complexity index is 854. The molecule has 31 heavy (non-hydrogen) atoms. The normalized spacial score (nSPS) is 22.8. The molecule has 0 spiro atoms. The maximum absolute atomic E-state index is 12.9. The summed E-state index contributed by atoms with van der Waals surface area (Å²) < 4.78 is 32.4. The standard InChI is InChI=1S/C23H34N2O5S/c1-17-8-12-19(13-9-17)24-22(26)16-30-23(27)18-10-14-21(15-11-18)31(28,29)25(2)20-6-4-3-5-7-20/h10-11,14-15,17,19-20H,3-9,12-13,16H2,1-2H3,(H,24,26). The van der Waals surface area contributed by atoms with Gasteiger partial charge in [-0.25, -0.2) is 13.2 Å². The van der Waals surface area contributed by atoms with Crippen LogP contribution in [0.5, 0.6) is 0 Å². The van der Waals surface area contributed by atoms with E-state index in [0.29, 0.717) is 5.92 Å². The van der Waals surface area contributed by atoms with E-state index in [-0.39, 0.29) is 35.1 Å². The van der Waals surface area contributed by atoms with Crippen molar-refractivity contribution < 1.29 is 22.7 Å². The van der Waals surface area contributed by atoms with E-state index in [9.17, 15) is 18.0 Å². The number of amides is 1. The first-order chi connectivity index (χ1) is 14.8.